The molecule has 0 radical (unpaired) electrons. The van der Waals surface area contributed by atoms with Gasteiger partial charge in [0.2, 0.25) is 5.91 Å². The van der Waals surface area contributed by atoms with Gasteiger partial charge >= 0.3 is 6.09 Å². The summed E-state index contributed by atoms with van der Waals surface area (Å²) in [7, 11) is 0. The van der Waals surface area contributed by atoms with Crippen molar-refractivity contribution in [2.24, 2.45) is 5.92 Å². The SMILES string of the molecule is CCOC(=O)N1CCC(N2CCc3nnc([C@@H](CC(C)C)NC(C)=O)n3CC2)CC1. The highest BCUT2D eigenvalue weighted by Gasteiger charge is 2.30. The maximum Gasteiger partial charge on any atom is 0.409 e. The lowest BCUT2D eigenvalue weighted by Gasteiger charge is -2.37. The highest BCUT2D eigenvalue weighted by atomic mass is 16.6. The summed E-state index contributed by atoms with van der Waals surface area (Å²) in [4.78, 5) is 28.0. The van der Waals surface area contributed by atoms with E-state index in [4.69, 9.17) is 4.74 Å². The van der Waals surface area contributed by atoms with Crippen molar-refractivity contribution < 1.29 is 14.3 Å². The summed E-state index contributed by atoms with van der Waals surface area (Å²) in [6.45, 7) is 12.3. The number of nitrogens with one attached hydrogen (secondary N) is 1. The van der Waals surface area contributed by atoms with Crippen molar-refractivity contribution in [2.75, 3.05) is 32.8 Å². The third kappa shape index (κ3) is 5.50. The molecule has 3 heterocycles. The number of likely N-dealkylation sites (tertiary alicyclic amines) is 1. The van der Waals surface area contributed by atoms with E-state index in [9.17, 15) is 9.59 Å². The van der Waals surface area contributed by atoms with Crippen molar-refractivity contribution in [3.8, 4) is 0 Å². The molecular weight excluding hydrogens is 384 g/mol. The van der Waals surface area contributed by atoms with Gasteiger partial charge in [-0.05, 0) is 32.1 Å². The van der Waals surface area contributed by atoms with E-state index < -0.39 is 0 Å². The predicted octanol–water partition coefficient (Wildman–Crippen LogP) is 1.98. The fourth-order valence-corrected chi connectivity index (χ4v) is 4.56. The lowest BCUT2D eigenvalue weighted by molar-refractivity contribution is -0.119. The summed E-state index contributed by atoms with van der Waals surface area (Å²) >= 11 is 0. The van der Waals surface area contributed by atoms with Crippen LogP contribution in [-0.4, -0.2) is 75.4 Å². The minimum absolute atomic E-state index is 0.0402. The number of hydrogen-bond acceptors (Lipinski definition) is 6. The molecular formula is C21H36N6O3. The van der Waals surface area contributed by atoms with Gasteiger partial charge in [-0.15, -0.1) is 10.2 Å². The molecule has 1 N–H and O–H groups in total. The van der Waals surface area contributed by atoms with Gasteiger partial charge in [-0.1, -0.05) is 13.8 Å². The summed E-state index contributed by atoms with van der Waals surface area (Å²) < 4.78 is 7.33. The van der Waals surface area contributed by atoms with Gasteiger partial charge in [0, 0.05) is 52.1 Å². The molecule has 30 heavy (non-hydrogen) atoms. The second-order valence-corrected chi connectivity index (χ2v) is 8.71. The molecule has 1 fully saturated rings. The Morgan fingerprint density at radius 3 is 2.50 bits per heavy atom. The number of amides is 2. The molecule has 3 rings (SSSR count). The summed E-state index contributed by atoms with van der Waals surface area (Å²) in [5.74, 6) is 2.27. The Morgan fingerprint density at radius 1 is 1.13 bits per heavy atom. The average molecular weight is 421 g/mol. The fourth-order valence-electron chi connectivity index (χ4n) is 4.56. The largest absolute Gasteiger partial charge is 0.450 e. The van der Waals surface area contributed by atoms with Crippen LogP contribution in [0, 0.1) is 5.92 Å². The number of carbonyl (C=O) groups excluding carboxylic acids is 2. The minimum atomic E-state index is -0.197. The Morgan fingerprint density at radius 2 is 1.87 bits per heavy atom. The zero-order chi connectivity index (χ0) is 21.7. The monoisotopic (exact) mass is 420 g/mol. The van der Waals surface area contributed by atoms with E-state index in [1.807, 2.05) is 11.8 Å². The van der Waals surface area contributed by atoms with Gasteiger partial charge in [-0.2, -0.15) is 0 Å². The Labute approximate surface area is 179 Å². The zero-order valence-corrected chi connectivity index (χ0v) is 18.8. The molecule has 0 saturated carbocycles. The van der Waals surface area contributed by atoms with Crippen LogP contribution < -0.4 is 5.32 Å². The van der Waals surface area contributed by atoms with Crippen LogP contribution in [0.1, 0.15) is 64.6 Å². The van der Waals surface area contributed by atoms with Crippen molar-refractivity contribution in [1.29, 1.82) is 0 Å². The van der Waals surface area contributed by atoms with Crippen LogP contribution in [0.2, 0.25) is 0 Å². The molecule has 1 aromatic rings. The maximum atomic E-state index is 11.9. The number of ether oxygens (including phenoxy) is 1. The Kier molecular flexibility index (Phi) is 7.69. The Hall–Kier alpha value is -2.16. The Balaban J connectivity index is 1.62. The van der Waals surface area contributed by atoms with Crippen LogP contribution in [0.5, 0.6) is 0 Å². The molecule has 0 aliphatic carbocycles. The summed E-state index contributed by atoms with van der Waals surface area (Å²) in [6, 6.07) is 0.363. The smallest absolute Gasteiger partial charge is 0.409 e. The lowest BCUT2D eigenvalue weighted by Crippen LogP contribution is -2.47. The van der Waals surface area contributed by atoms with Crippen molar-refractivity contribution in [2.45, 2.75) is 72.0 Å². The zero-order valence-electron chi connectivity index (χ0n) is 18.8. The van der Waals surface area contributed by atoms with E-state index in [0.717, 1.165) is 70.1 Å². The number of aromatic nitrogens is 3. The van der Waals surface area contributed by atoms with Crippen LogP contribution in [0.15, 0.2) is 0 Å². The third-order valence-corrected chi connectivity index (χ3v) is 5.99. The summed E-state index contributed by atoms with van der Waals surface area (Å²) in [5.41, 5.74) is 0. The highest BCUT2D eigenvalue weighted by Crippen LogP contribution is 2.24. The second-order valence-electron chi connectivity index (χ2n) is 8.71. The van der Waals surface area contributed by atoms with Crippen molar-refractivity contribution in [1.82, 2.24) is 29.9 Å². The first-order valence-corrected chi connectivity index (χ1v) is 11.2. The molecule has 0 aromatic carbocycles. The van der Waals surface area contributed by atoms with E-state index in [2.05, 4.69) is 38.8 Å². The van der Waals surface area contributed by atoms with Gasteiger partial charge in [-0.3, -0.25) is 9.69 Å². The summed E-state index contributed by atoms with van der Waals surface area (Å²) in [5, 5.41) is 12.0. The molecule has 9 nitrogen and oxygen atoms in total. The maximum absolute atomic E-state index is 11.9. The van der Waals surface area contributed by atoms with E-state index in [0.29, 0.717) is 18.6 Å². The van der Waals surface area contributed by atoms with Crippen LogP contribution in [-0.2, 0) is 22.5 Å². The van der Waals surface area contributed by atoms with Gasteiger partial charge in [0.15, 0.2) is 5.82 Å². The van der Waals surface area contributed by atoms with Crippen molar-refractivity contribution >= 4 is 12.0 Å². The third-order valence-electron chi connectivity index (χ3n) is 5.99. The van der Waals surface area contributed by atoms with Gasteiger partial charge in [0.25, 0.3) is 0 Å². The standard InChI is InChI=1S/C21H36N6O3/c1-5-30-21(29)26-9-6-17(7-10-26)25-11-8-19-23-24-20(27(19)13-12-25)18(14-15(2)3)22-16(4)28/h15,17-18H,5-14H2,1-4H3,(H,22,28)/t18-/m1/s1. The van der Waals surface area contributed by atoms with Crippen LogP contribution in [0.25, 0.3) is 0 Å². The first-order chi connectivity index (χ1) is 14.4. The van der Waals surface area contributed by atoms with Gasteiger partial charge < -0.3 is 19.5 Å². The van der Waals surface area contributed by atoms with E-state index in [-0.39, 0.29) is 18.0 Å². The van der Waals surface area contributed by atoms with Crippen molar-refractivity contribution in [3.63, 3.8) is 0 Å². The fraction of sp³-hybridized carbons (Fsp3) is 0.810. The molecule has 1 aromatic heterocycles. The van der Waals surface area contributed by atoms with Crippen LogP contribution in [0.4, 0.5) is 4.79 Å². The lowest BCUT2D eigenvalue weighted by atomic mass is 10.0. The average Bonchev–Trinajstić information content (AvgIpc) is 2.98. The highest BCUT2D eigenvalue weighted by molar-refractivity contribution is 5.73. The molecule has 2 aliphatic rings. The van der Waals surface area contributed by atoms with E-state index >= 15 is 0 Å². The number of piperidine rings is 1. The normalized spacial score (nSPS) is 19.3. The number of rotatable bonds is 6. The van der Waals surface area contributed by atoms with Crippen LogP contribution >= 0.6 is 0 Å². The van der Waals surface area contributed by atoms with E-state index in [1.165, 1.54) is 0 Å². The molecule has 0 unspecified atom stereocenters. The number of hydrogen-bond donors (Lipinski definition) is 1. The number of fused-ring (bicyclic) bond motifs is 1. The predicted molar refractivity (Wildman–Crippen MR) is 113 cm³/mol. The molecule has 9 heteroatoms. The second kappa shape index (κ2) is 10.2. The molecule has 2 amide bonds. The van der Waals surface area contributed by atoms with E-state index in [1.54, 1.807) is 6.92 Å². The van der Waals surface area contributed by atoms with Crippen molar-refractivity contribution in [3.05, 3.63) is 11.6 Å². The van der Waals surface area contributed by atoms with Gasteiger partial charge in [-0.25, -0.2) is 4.79 Å². The first kappa shape index (κ1) is 22.5. The molecule has 1 saturated heterocycles. The molecule has 1 atom stereocenters. The molecule has 0 bridgehead atoms. The van der Waals surface area contributed by atoms with Crippen LogP contribution in [0.3, 0.4) is 0 Å². The van der Waals surface area contributed by atoms with Gasteiger partial charge in [0.1, 0.15) is 5.82 Å². The molecule has 168 valence electrons. The minimum Gasteiger partial charge on any atom is -0.450 e. The van der Waals surface area contributed by atoms with Gasteiger partial charge in [0.05, 0.1) is 12.6 Å². The quantitative estimate of drug-likeness (QED) is 0.757. The summed E-state index contributed by atoms with van der Waals surface area (Å²) in [6.07, 6.45) is 3.42. The topological polar surface area (TPSA) is 92.6 Å². The number of carbonyl (C=O) groups is 2. The molecule has 2 aliphatic heterocycles. The molecule has 0 spiro atoms. The first-order valence-electron chi connectivity index (χ1n) is 11.2. The Bertz CT molecular complexity index is 726. The number of nitrogens with zero attached hydrogens (tertiary/aromatic N) is 5.